The molecule has 0 N–H and O–H groups in total. The Balaban J connectivity index is 2.18. The second-order valence-electron chi connectivity index (χ2n) is 3.71. The van der Waals surface area contributed by atoms with E-state index in [2.05, 4.69) is 38.4 Å². The number of carbonyl (C=O) groups is 1. The molecule has 0 atom stereocenters. The lowest BCUT2D eigenvalue weighted by Crippen LogP contribution is -2.32. The maximum atomic E-state index is 12.2. The van der Waals surface area contributed by atoms with Gasteiger partial charge in [0.15, 0.2) is 0 Å². The lowest BCUT2D eigenvalue weighted by atomic mass is 10.3. The molecule has 86 valence electrons. The van der Waals surface area contributed by atoms with Crippen LogP contribution < -0.4 is 0 Å². The van der Waals surface area contributed by atoms with E-state index in [0.29, 0.717) is 12.6 Å². The van der Waals surface area contributed by atoms with Crippen LogP contribution in [-0.2, 0) is 0 Å². The average Bonchev–Trinajstić information content (AvgIpc) is 3.02. The molecule has 0 saturated heterocycles. The van der Waals surface area contributed by atoms with Crippen molar-refractivity contribution in [2.75, 3.05) is 6.54 Å². The smallest absolute Gasteiger partial charge is 0.264 e. The molecule has 0 radical (unpaired) electrons. The van der Waals surface area contributed by atoms with Gasteiger partial charge in [0.25, 0.3) is 5.91 Å². The van der Waals surface area contributed by atoms with Gasteiger partial charge in [-0.05, 0) is 50.8 Å². The largest absolute Gasteiger partial charge is 0.331 e. The van der Waals surface area contributed by atoms with Gasteiger partial charge < -0.3 is 4.90 Å². The molecular formula is C11H11Br2NOS. The number of amides is 1. The normalized spacial score (nSPS) is 14.9. The Hall–Kier alpha value is -0.130. The summed E-state index contributed by atoms with van der Waals surface area (Å²) in [5, 5.41) is 0. The van der Waals surface area contributed by atoms with Crippen LogP contribution in [0.2, 0.25) is 0 Å². The second kappa shape index (κ2) is 5.02. The molecule has 16 heavy (non-hydrogen) atoms. The summed E-state index contributed by atoms with van der Waals surface area (Å²) in [4.78, 5) is 14.9. The molecule has 0 bridgehead atoms. The summed E-state index contributed by atoms with van der Waals surface area (Å²) >= 11 is 8.27. The average molecular weight is 365 g/mol. The minimum absolute atomic E-state index is 0.110. The highest BCUT2D eigenvalue weighted by molar-refractivity contribution is 9.13. The zero-order valence-electron chi connectivity index (χ0n) is 8.58. The molecule has 2 nitrogen and oxygen atoms in total. The Labute approximate surface area is 116 Å². The number of rotatable bonds is 4. The van der Waals surface area contributed by atoms with Crippen LogP contribution in [-0.4, -0.2) is 23.4 Å². The van der Waals surface area contributed by atoms with Gasteiger partial charge in [0.05, 0.1) is 8.66 Å². The molecule has 1 heterocycles. The van der Waals surface area contributed by atoms with Gasteiger partial charge in [-0.3, -0.25) is 4.79 Å². The maximum Gasteiger partial charge on any atom is 0.264 e. The highest BCUT2D eigenvalue weighted by Gasteiger charge is 2.32. The summed E-state index contributed by atoms with van der Waals surface area (Å²) in [5.74, 6) is 0.110. The lowest BCUT2D eigenvalue weighted by molar-refractivity contribution is 0.0767. The van der Waals surface area contributed by atoms with Crippen molar-refractivity contribution in [3.63, 3.8) is 0 Å². The monoisotopic (exact) mass is 363 g/mol. The molecule has 1 amide bonds. The summed E-state index contributed by atoms with van der Waals surface area (Å²) in [6.45, 7) is 4.34. The fourth-order valence-electron chi connectivity index (χ4n) is 1.52. The number of hydrogen-bond donors (Lipinski definition) is 0. The first-order valence-electron chi connectivity index (χ1n) is 5.00. The summed E-state index contributed by atoms with van der Waals surface area (Å²) < 4.78 is 1.90. The summed E-state index contributed by atoms with van der Waals surface area (Å²) in [7, 11) is 0. The third kappa shape index (κ3) is 2.57. The Morgan fingerprint density at radius 3 is 2.75 bits per heavy atom. The van der Waals surface area contributed by atoms with Crippen LogP contribution >= 0.6 is 43.2 Å². The quantitative estimate of drug-likeness (QED) is 0.737. The topological polar surface area (TPSA) is 20.3 Å². The minimum Gasteiger partial charge on any atom is -0.331 e. The van der Waals surface area contributed by atoms with Crippen LogP contribution in [0, 0.1) is 0 Å². The Morgan fingerprint density at radius 2 is 2.31 bits per heavy atom. The predicted molar refractivity (Wildman–Crippen MR) is 74.0 cm³/mol. The van der Waals surface area contributed by atoms with Gasteiger partial charge in [0, 0.05) is 17.1 Å². The molecule has 1 aromatic rings. The van der Waals surface area contributed by atoms with Crippen molar-refractivity contribution in [3.8, 4) is 0 Å². The summed E-state index contributed by atoms with van der Waals surface area (Å²) in [6.07, 6.45) is 4.02. The van der Waals surface area contributed by atoms with E-state index in [1.165, 1.54) is 11.3 Å². The molecule has 2 rings (SSSR count). The van der Waals surface area contributed by atoms with Crippen molar-refractivity contribution >= 4 is 49.1 Å². The Bertz CT molecular complexity index is 406. The van der Waals surface area contributed by atoms with Gasteiger partial charge in [-0.1, -0.05) is 6.08 Å². The molecule has 0 unspecified atom stereocenters. The van der Waals surface area contributed by atoms with Crippen LogP contribution in [0.25, 0.3) is 0 Å². The highest BCUT2D eigenvalue weighted by Crippen LogP contribution is 2.35. The van der Waals surface area contributed by atoms with Crippen LogP contribution in [0.5, 0.6) is 0 Å². The SMILES string of the molecule is C=CCN(C(=O)c1cc(Br)c(Br)s1)C1CC1. The third-order valence-electron chi connectivity index (χ3n) is 2.43. The summed E-state index contributed by atoms with van der Waals surface area (Å²) in [6, 6.07) is 2.29. The Morgan fingerprint density at radius 1 is 1.62 bits per heavy atom. The van der Waals surface area contributed by atoms with Crippen molar-refractivity contribution in [2.45, 2.75) is 18.9 Å². The minimum atomic E-state index is 0.110. The van der Waals surface area contributed by atoms with E-state index in [4.69, 9.17) is 0 Å². The van der Waals surface area contributed by atoms with Gasteiger partial charge in [-0.25, -0.2) is 0 Å². The first-order chi connectivity index (χ1) is 7.63. The van der Waals surface area contributed by atoms with E-state index in [1.54, 1.807) is 6.08 Å². The van der Waals surface area contributed by atoms with Crippen LogP contribution in [0.3, 0.4) is 0 Å². The van der Waals surface area contributed by atoms with Gasteiger partial charge in [0.2, 0.25) is 0 Å². The van der Waals surface area contributed by atoms with Crippen molar-refractivity contribution in [1.82, 2.24) is 4.90 Å². The predicted octanol–water partition coefficient (Wildman–Crippen LogP) is 4.06. The zero-order chi connectivity index (χ0) is 11.7. The third-order valence-corrected chi connectivity index (χ3v) is 5.67. The molecule has 1 aromatic heterocycles. The van der Waals surface area contributed by atoms with Crippen molar-refractivity contribution in [2.24, 2.45) is 0 Å². The number of carbonyl (C=O) groups excluding carboxylic acids is 1. The van der Waals surface area contributed by atoms with Gasteiger partial charge in [-0.2, -0.15) is 0 Å². The number of halogens is 2. The van der Waals surface area contributed by atoms with Crippen molar-refractivity contribution < 1.29 is 4.79 Å². The number of nitrogens with zero attached hydrogens (tertiary/aromatic N) is 1. The fraction of sp³-hybridized carbons (Fsp3) is 0.364. The summed E-state index contributed by atoms with van der Waals surface area (Å²) in [5.41, 5.74) is 0. The van der Waals surface area contributed by atoms with Gasteiger partial charge >= 0.3 is 0 Å². The van der Waals surface area contributed by atoms with E-state index in [-0.39, 0.29) is 5.91 Å². The molecule has 0 aliphatic heterocycles. The van der Waals surface area contributed by atoms with Crippen LogP contribution in [0.1, 0.15) is 22.5 Å². The van der Waals surface area contributed by atoms with E-state index in [1.807, 2.05) is 11.0 Å². The number of thiophene rings is 1. The molecule has 0 aromatic carbocycles. The maximum absolute atomic E-state index is 12.2. The van der Waals surface area contributed by atoms with E-state index >= 15 is 0 Å². The molecular weight excluding hydrogens is 354 g/mol. The molecule has 5 heteroatoms. The molecule has 0 spiro atoms. The van der Waals surface area contributed by atoms with Crippen molar-refractivity contribution in [1.29, 1.82) is 0 Å². The second-order valence-corrected chi connectivity index (χ2v) is 6.93. The van der Waals surface area contributed by atoms with Gasteiger partial charge in [-0.15, -0.1) is 17.9 Å². The fourth-order valence-corrected chi connectivity index (χ4v) is 3.51. The van der Waals surface area contributed by atoms with E-state index < -0.39 is 0 Å². The van der Waals surface area contributed by atoms with Crippen LogP contribution in [0.4, 0.5) is 0 Å². The first kappa shape index (κ1) is 12.3. The highest BCUT2D eigenvalue weighted by atomic mass is 79.9. The standard InChI is InChI=1S/C11H11Br2NOS/c1-2-5-14(7-3-4-7)11(15)9-6-8(12)10(13)16-9/h2,6-7H,1,3-5H2. The number of hydrogen-bond acceptors (Lipinski definition) is 2. The van der Waals surface area contributed by atoms with Crippen molar-refractivity contribution in [3.05, 3.63) is 31.9 Å². The van der Waals surface area contributed by atoms with Crippen LogP contribution in [0.15, 0.2) is 27.0 Å². The molecule has 1 aliphatic carbocycles. The molecule has 1 aliphatic rings. The van der Waals surface area contributed by atoms with E-state index in [0.717, 1.165) is 26.0 Å². The lowest BCUT2D eigenvalue weighted by Gasteiger charge is -2.19. The first-order valence-corrected chi connectivity index (χ1v) is 7.40. The molecule has 1 saturated carbocycles. The Kier molecular flexibility index (Phi) is 3.87. The van der Waals surface area contributed by atoms with E-state index in [9.17, 15) is 4.79 Å². The molecule has 1 fully saturated rings. The zero-order valence-corrected chi connectivity index (χ0v) is 12.6. The van der Waals surface area contributed by atoms with Gasteiger partial charge in [0.1, 0.15) is 0 Å².